The zero-order valence-electron chi connectivity index (χ0n) is 8.33. The molecule has 0 radical (unpaired) electrons. The van der Waals surface area contributed by atoms with E-state index in [1.54, 1.807) is 12.1 Å². The van der Waals surface area contributed by atoms with Crippen LogP contribution < -0.4 is 0 Å². The maximum atomic E-state index is 12.8. The lowest BCUT2D eigenvalue weighted by Gasteiger charge is -2.10. The Labute approximate surface area is 107 Å². The van der Waals surface area contributed by atoms with Crippen molar-refractivity contribution < 1.29 is 4.39 Å². The smallest absolute Gasteiger partial charge is 0.123 e. The summed E-state index contributed by atoms with van der Waals surface area (Å²) >= 11 is 9.71. The molecule has 0 aliphatic heterocycles. The van der Waals surface area contributed by atoms with Gasteiger partial charge in [-0.3, -0.25) is 0 Å². The molecule has 2 aromatic rings. The third kappa shape index (κ3) is 2.63. The van der Waals surface area contributed by atoms with E-state index in [0.717, 1.165) is 15.6 Å². The van der Waals surface area contributed by atoms with Gasteiger partial charge in [-0.25, -0.2) is 4.39 Å². The molecule has 1 atom stereocenters. The molecule has 0 nitrogen and oxygen atoms in total. The fourth-order valence-corrected chi connectivity index (χ4v) is 2.19. The minimum absolute atomic E-state index is 0.248. The van der Waals surface area contributed by atoms with E-state index >= 15 is 0 Å². The van der Waals surface area contributed by atoms with Gasteiger partial charge < -0.3 is 0 Å². The predicted octanol–water partition coefficient (Wildman–Crippen LogP) is 4.92. The van der Waals surface area contributed by atoms with Crippen molar-refractivity contribution in [1.82, 2.24) is 0 Å². The standard InChI is InChI=1S/C13H9BrClF/c14-11-3-1-2-10(8-11)13(15)9-4-6-12(16)7-5-9/h1-8,13H/t13-/m0/s1. The van der Waals surface area contributed by atoms with Gasteiger partial charge in [0.15, 0.2) is 0 Å². The summed E-state index contributed by atoms with van der Waals surface area (Å²) in [7, 11) is 0. The highest BCUT2D eigenvalue weighted by atomic mass is 79.9. The number of rotatable bonds is 2. The Kier molecular flexibility index (Phi) is 3.62. The summed E-state index contributed by atoms with van der Waals surface area (Å²) in [5, 5.41) is -0.252. The van der Waals surface area contributed by atoms with Crippen LogP contribution >= 0.6 is 27.5 Å². The van der Waals surface area contributed by atoms with Gasteiger partial charge in [0.25, 0.3) is 0 Å². The molecule has 0 aliphatic rings. The van der Waals surface area contributed by atoms with E-state index in [2.05, 4.69) is 15.9 Å². The molecule has 0 amide bonds. The summed E-state index contributed by atoms with van der Waals surface area (Å²) in [5.41, 5.74) is 1.88. The van der Waals surface area contributed by atoms with Gasteiger partial charge >= 0.3 is 0 Å². The first-order chi connectivity index (χ1) is 7.66. The summed E-state index contributed by atoms with van der Waals surface area (Å²) < 4.78 is 13.8. The van der Waals surface area contributed by atoms with Crippen molar-refractivity contribution in [2.24, 2.45) is 0 Å². The lowest BCUT2D eigenvalue weighted by Crippen LogP contribution is -1.93. The largest absolute Gasteiger partial charge is 0.207 e. The van der Waals surface area contributed by atoms with Crippen LogP contribution in [0.1, 0.15) is 16.5 Å². The van der Waals surface area contributed by atoms with Crippen LogP contribution in [0.4, 0.5) is 4.39 Å². The van der Waals surface area contributed by atoms with Crippen LogP contribution in [0.15, 0.2) is 53.0 Å². The van der Waals surface area contributed by atoms with Crippen LogP contribution in [0.3, 0.4) is 0 Å². The molecule has 16 heavy (non-hydrogen) atoms. The number of halogens is 3. The topological polar surface area (TPSA) is 0 Å². The fourth-order valence-electron chi connectivity index (χ4n) is 1.49. The van der Waals surface area contributed by atoms with Crippen molar-refractivity contribution in [3.8, 4) is 0 Å². The monoisotopic (exact) mass is 298 g/mol. The summed E-state index contributed by atoms with van der Waals surface area (Å²) in [6.07, 6.45) is 0. The van der Waals surface area contributed by atoms with E-state index in [1.165, 1.54) is 12.1 Å². The van der Waals surface area contributed by atoms with Gasteiger partial charge in [-0.15, -0.1) is 11.6 Å². The molecule has 2 rings (SSSR count). The van der Waals surface area contributed by atoms with Crippen LogP contribution in [0, 0.1) is 5.82 Å². The Bertz CT molecular complexity index is 482. The molecular weight excluding hydrogens is 290 g/mol. The van der Waals surface area contributed by atoms with Crippen molar-refractivity contribution >= 4 is 27.5 Å². The molecule has 0 aromatic heterocycles. The van der Waals surface area contributed by atoms with Gasteiger partial charge in [0.2, 0.25) is 0 Å². The van der Waals surface area contributed by atoms with Crippen LogP contribution in [-0.4, -0.2) is 0 Å². The Morgan fingerprint density at radius 3 is 2.31 bits per heavy atom. The van der Waals surface area contributed by atoms with Gasteiger partial charge in [0.05, 0.1) is 5.38 Å². The molecule has 82 valence electrons. The number of hydrogen-bond acceptors (Lipinski definition) is 0. The maximum Gasteiger partial charge on any atom is 0.123 e. The van der Waals surface area contributed by atoms with Crippen LogP contribution in [-0.2, 0) is 0 Å². The Balaban J connectivity index is 2.31. The molecule has 3 heteroatoms. The summed E-state index contributed by atoms with van der Waals surface area (Å²) in [4.78, 5) is 0. The Morgan fingerprint density at radius 1 is 1.00 bits per heavy atom. The molecule has 0 saturated heterocycles. The highest BCUT2D eigenvalue weighted by molar-refractivity contribution is 9.10. The molecular formula is C13H9BrClF. The van der Waals surface area contributed by atoms with Crippen molar-refractivity contribution in [3.63, 3.8) is 0 Å². The minimum atomic E-state index is -0.252. The third-order valence-corrected chi connectivity index (χ3v) is 3.30. The van der Waals surface area contributed by atoms with Crippen molar-refractivity contribution in [2.45, 2.75) is 5.38 Å². The first-order valence-electron chi connectivity index (χ1n) is 4.82. The summed E-state index contributed by atoms with van der Waals surface area (Å²) in [6, 6.07) is 14.0. The number of hydrogen-bond donors (Lipinski definition) is 0. The predicted molar refractivity (Wildman–Crippen MR) is 68.2 cm³/mol. The molecule has 0 fully saturated rings. The van der Waals surface area contributed by atoms with Crippen molar-refractivity contribution in [3.05, 3.63) is 69.9 Å². The third-order valence-electron chi connectivity index (χ3n) is 2.30. The summed E-state index contributed by atoms with van der Waals surface area (Å²) in [5.74, 6) is -0.248. The second-order valence-corrected chi connectivity index (χ2v) is 4.82. The van der Waals surface area contributed by atoms with E-state index in [-0.39, 0.29) is 11.2 Å². The second-order valence-electron chi connectivity index (χ2n) is 3.47. The van der Waals surface area contributed by atoms with E-state index in [4.69, 9.17) is 11.6 Å². The van der Waals surface area contributed by atoms with Gasteiger partial charge in [-0.05, 0) is 35.4 Å². The van der Waals surface area contributed by atoms with Crippen LogP contribution in [0.25, 0.3) is 0 Å². The van der Waals surface area contributed by atoms with E-state index in [1.807, 2.05) is 24.3 Å². The lowest BCUT2D eigenvalue weighted by atomic mass is 10.0. The van der Waals surface area contributed by atoms with E-state index < -0.39 is 0 Å². The van der Waals surface area contributed by atoms with Gasteiger partial charge in [-0.2, -0.15) is 0 Å². The van der Waals surface area contributed by atoms with Gasteiger partial charge in [-0.1, -0.05) is 40.2 Å². The molecule has 0 bridgehead atoms. The molecule has 0 unspecified atom stereocenters. The Morgan fingerprint density at radius 2 is 1.69 bits per heavy atom. The molecule has 0 aliphatic carbocycles. The average Bonchev–Trinajstić information content (AvgIpc) is 2.29. The second kappa shape index (κ2) is 4.98. The van der Waals surface area contributed by atoms with Crippen molar-refractivity contribution in [1.29, 1.82) is 0 Å². The maximum absolute atomic E-state index is 12.8. The molecule has 2 aromatic carbocycles. The van der Waals surface area contributed by atoms with Crippen molar-refractivity contribution in [2.75, 3.05) is 0 Å². The average molecular weight is 300 g/mol. The zero-order chi connectivity index (χ0) is 11.5. The normalized spacial score (nSPS) is 12.4. The van der Waals surface area contributed by atoms with Crippen LogP contribution in [0.2, 0.25) is 0 Å². The first kappa shape index (κ1) is 11.6. The lowest BCUT2D eigenvalue weighted by molar-refractivity contribution is 0.627. The highest BCUT2D eigenvalue weighted by Crippen LogP contribution is 2.30. The van der Waals surface area contributed by atoms with E-state index in [0.29, 0.717) is 0 Å². The first-order valence-corrected chi connectivity index (χ1v) is 6.05. The minimum Gasteiger partial charge on any atom is -0.207 e. The van der Waals surface area contributed by atoms with Gasteiger partial charge in [0, 0.05) is 4.47 Å². The van der Waals surface area contributed by atoms with E-state index in [9.17, 15) is 4.39 Å². The molecule has 0 heterocycles. The highest BCUT2D eigenvalue weighted by Gasteiger charge is 2.10. The fraction of sp³-hybridized carbons (Fsp3) is 0.0769. The molecule has 0 spiro atoms. The number of alkyl halides is 1. The van der Waals surface area contributed by atoms with Gasteiger partial charge in [0.1, 0.15) is 5.82 Å². The molecule has 0 N–H and O–H groups in total. The zero-order valence-corrected chi connectivity index (χ0v) is 10.7. The Hall–Kier alpha value is -0.860. The summed E-state index contributed by atoms with van der Waals surface area (Å²) in [6.45, 7) is 0. The SMILES string of the molecule is Fc1ccc([C@H](Cl)c2cccc(Br)c2)cc1. The van der Waals surface area contributed by atoms with Crippen LogP contribution in [0.5, 0.6) is 0 Å². The molecule has 0 saturated carbocycles. The number of benzene rings is 2. The quantitative estimate of drug-likeness (QED) is 0.691.